The number of benzene rings is 1. The number of carbonyl (C=O) groups is 4. The number of nitrogens with zero attached hydrogens (tertiary/aromatic N) is 2. The van der Waals surface area contributed by atoms with Gasteiger partial charge in [-0.15, -0.1) is 0 Å². The number of ether oxygens (including phenoxy) is 2. The summed E-state index contributed by atoms with van der Waals surface area (Å²) < 4.78 is 51.7. The van der Waals surface area contributed by atoms with Crippen LogP contribution in [-0.4, -0.2) is 77.6 Å². The van der Waals surface area contributed by atoms with Crippen LogP contribution in [0.5, 0.6) is 0 Å². The van der Waals surface area contributed by atoms with Crippen molar-refractivity contribution in [2.45, 2.75) is 102 Å². The van der Waals surface area contributed by atoms with Gasteiger partial charge in [0.2, 0.25) is 11.8 Å². The fourth-order valence-electron chi connectivity index (χ4n) is 5.99. The van der Waals surface area contributed by atoms with Gasteiger partial charge in [0.15, 0.2) is 0 Å². The van der Waals surface area contributed by atoms with Crippen molar-refractivity contribution in [3.8, 4) is 0 Å². The Morgan fingerprint density at radius 2 is 1.86 bits per heavy atom. The Morgan fingerprint density at radius 3 is 2.61 bits per heavy atom. The van der Waals surface area contributed by atoms with E-state index < -0.39 is 59.8 Å². The second-order valence-electron chi connectivity index (χ2n) is 11.5. The first-order valence-corrected chi connectivity index (χ1v) is 15.3. The van der Waals surface area contributed by atoms with Gasteiger partial charge in [0, 0.05) is 19.5 Å². The minimum absolute atomic E-state index is 0.0264. The molecule has 0 saturated carbocycles. The van der Waals surface area contributed by atoms with Crippen molar-refractivity contribution < 1.29 is 41.8 Å². The van der Waals surface area contributed by atoms with Crippen LogP contribution in [-0.2, 0) is 43.0 Å². The molecule has 242 valence electrons. The predicted octanol–water partition coefficient (Wildman–Crippen LogP) is 3.85. The molecule has 3 N–H and O–H groups in total. The number of nitrogens with one attached hydrogen (secondary N) is 1. The maximum absolute atomic E-state index is 13.6. The summed E-state index contributed by atoms with van der Waals surface area (Å²) in [6.07, 6.45) is 2.50. The molecule has 4 rings (SSSR count). The Morgan fingerprint density at radius 1 is 1.09 bits per heavy atom. The minimum Gasteiger partial charge on any atom is -0.464 e. The highest BCUT2D eigenvalue weighted by atomic mass is 19.4. The van der Waals surface area contributed by atoms with E-state index in [1.807, 2.05) is 12.2 Å². The summed E-state index contributed by atoms with van der Waals surface area (Å²) in [5.74, 6) is -1.65. The lowest BCUT2D eigenvalue weighted by atomic mass is 9.95. The summed E-state index contributed by atoms with van der Waals surface area (Å²) >= 11 is 0. The van der Waals surface area contributed by atoms with E-state index in [1.54, 1.807) is 13.0 Å². The first-order valence-electron chi connectivity index (χ1n) is 15.3. The fraction of sp³-hybridized carbons (Fsp3) is 0.613. The number of allylic oxidation sites excluding steroid dienone is 2. The number of alkyl halides is 3. The highest BCUT2D eigenvalue weighted by molar-refractivity contribution is 5.92. The highest BCUT2D eigenvalue weighted by Gasteiger charge is 2.44. The van der Waals surface area contributed by atoms with Crippen LogP contribution in [0.1, 0.15) is 75.0 Å². The standard InChI is InChI=1S/C31H41F3N4O6/c1-2-43-29(41)25-14-9-7-5-3-4-6-8-13-24(35)28(40)38-18-21(17-26(38)27(39)36-25)44-30(42)37-16-15-20-11-10-12-23(22(20)19-37)31(32,33)34/h5,7,10-12,21,24-26H,2-4,6,8-9,13-19,35H2,1H3,(H,36,39). The molecular weight excluding hydrogens is 581 g/mol. The molecule has 1 fully saturated rings. The lowest BCUT2D eigenvalue weighted by molar-refractivity contribution is -0.148. The van der Waals surface area contributed by atoms with Gasteiger partial charge in [-0.3, -0.25) is 9.59 Å². The summed E-state index contributed by atoms with van der Waals surface area (Å²) in [5.41, 5.74) is 5.99. The summed E-state index contributed by atoms with van der Waals surface area (Å²) in [6, 6.07) is 1.08. The average molecular weight is 623 g/mol. The van der Waals surface area contributed by atoms with Gasteiger partial charge in [-0.05, 0) is 62.6 Å². The van der Waals surface area contributed by atoms with Crippen LogP contribution in [0, 0.1) is 0 Å². The molecule has 0 bridgehead atoms. The Kier molecular flexibility index (Phi) is 11.3. The van der Waals surface area contributed by atoms with E-state index in [4.69, 9.17) is 15.2 Å². The second-order valence-corrected chi connectivity index (χ2v) is 11.5. The summed E-state index contributed by atoms with van der Waals surface area (Å²) in [7, 11) is 0. The van der Waals surface area contributed by atoms with Crippen LogP contribution in [0.2, 0.25) is 0 Å². The zero-order chi connectivity index (χ0) is 31.9. The van der Waals surface area contributed by atoms with Gasteiger partial charge in [0.1, 0.15) is 18.2 Å². The molecule has 3 aliphatic heterocycles. The lowest BCUT2D eigenvalue weighted by Crippen LogP contribution is -2.54. The minimum atomic E-state index is -4.57. The molecule has 4 atom stereocenters. The predicted molar refractivity (Wildman–Crippen MR) is 154 cm³/mol. The Bertz CT molecular complexity index is 1240. The van der Waals surface area contributed by atoms with Gasteiger partial charge in [0.05, 0.1) is 24.8 Å². The van der Waals surface area contributed by atoms with Crippen LogP contribution >= 0.6 is 0 Å². The first kappa shape index (κ1) is 33.3. The van der Waals surface area contributed by atoms with E-state index in [9.17, 15) is 32.3 Å². The monoisotopic (exact) mass is 622 g/mol. The molecule has 10 nitrogen and oxygen atoms in total. The van der Waals surface area contributed by atoms with Gasteiger partial charge in [-0.1, -0.05) is 37.1 Å². The topological polar surface area (TPSA) is 131 Å². The Labute approximate surface area is 255 Å². The molecule has 13 heteroatoms. The van der Waals surface area contributed by atoms with Crippen LogP contribution in [0.25, 0.3) is 0 Å². The summed E-state index contributed by atoms with van der Waals surface area (Å²) in [5, 5.41) is 2.72. The third kappa shape index (κ3) is 8.30. The van der Waals surface area contributed by atoms with Gasteiger partial charge in [-0.2, -0.15) is 13.2 Å². The third-order valence-electron chi connectivity index (χ3n) is 8.33. The number of halogens is 3. The average Bonchev–Trinajstić information content (AvgIpc) is 3.41. The number of hydrogen-bond acceptors (Lipinski definition) is 7. The summed E-state index contributed by atoms with van der Waals surface area (Å²) in [6.45, 7) is 1.57. The van der Waals surface area contributed by atoms with Crippen LogP contribution in [0.3, 0.4) is 0 Å². The van der Waals surface area contributed by atoms with Crippen molar-refractivity contribution in [2.24, 2.45) is 5.73 Å². The zero-order valence-electron chi connectivity index (χ0n) is 24.9. The zero-order valence-corrected chi connectivity index (χ0v) is 24.9. The fourth-order valence-corrected chi connectivity index (χ4v) is 5.99. The van der Waals surface area contributed by atoms with E-state index in [-0.39, 0.29) is 44.6 Å². The molecule has 0 spiro atoms. The quantitative estimate of drug-likeness (QED) is 0.387. The molecule has 4 unspecified atom stereocenters. The first-order chi connectivity index (χ1) is 21.0. The number of nitrogens with two attached hydrogens (primary N) is 1. The normalized spacial score (nSPS) is 25.6. The number of carbonyl (C=O) groups excluding carboxylic acids is 4. The lowest BCUT2D eigenvalue weighted by Gasteiger charge is -2.31. The van der Waals surface area contributed by atoms with E-state index in [2.05, 4.69) is 5.32 Å². The molecule has 0 aromatic heterocycles. The molecule has 1 aromatic rings. The highest BCUT2D eigenvalue weighted by Crippen LogP contribution is 2.36. The van der Waals surface area contributed by atoms with Crippen LogP contribution < -0.4 is 11.1 Å². The van der Waals surface area contributed by atoms with Gasteiger partial charge in [0.25, 0.3) is 0 Å². The van der Waals surface area contributed by atoms with Gasteiger partial charge >= 0.3 is 18.2 Å². The van der Waals surface area contributed by atoms with Crippen LogP contribution in [0.15, 0.2) is 30.4 Å². The number of amides is 3. The molecule has 3 amide bonds. The SMILES string of the molecule is CCOC(=O)C1CCC=CCCCCCC(N)C(=O)N2CC(OC(=O)N3CCc4cccc(C(F)(F)F)c4C3)CC2C(=O)N1. The second kappa shape index (κ2) is 14.9. The molecule has 44 heavy (non-hydrogen) atoms. The maximum atomic E-state index is 13.6. The van der Waals surface area contributed by atoms with Crippen molar-refractivity contribution in [3.05, 3.63) is 47.0 Å². The van der Waals surface area contributed by atoms with Gasteiger partial charge in [-0.25, -0.2) is 9.59 Å². The Balaban J connectivity index is 1.50. The molecule has 1 saturated heterocycles. The molecule has 3 heterocycles. The van der Waals surface area contributed by atoms with Crippen molar-refractivity contribution in [1.82, 2.24) is 15.1 Å². The maximum Gasteiger partial charge on any atom is 0.416 e. The smallest absolute Gasteiger partial charge is 0.416 e. The van der Waals surface area contributed by atoms with E-state index in [0.717, 1.165) is 31.7 Å². The molecular formula is C31H41F3N4O6. The summed E-state index contributed by atoms with van der Waals surface area (Å²) in [4.78, 5) is 55.3. The van der Waals surface area contributed by atoms with E-state index in [1.165, 1.54) is 15.9 Å². The van der Waals surface area contributed by atoms with Crippen molar-refractivity contribution in [1.29, 1.82) is 0 Å². The molecule has 0 radical (unpaired) electrons. The van der Waals surface area contributed by atoms with Crippen molar-refractivity contribution >= 4 is 23.9 Å². The molecule has 1 aromatic carbocycles. The van der Waals surface area contributed by atoms with Crippen molar-refractivity contribution in [2.75, 3.05) is 19.7 Å². The van der Waals surface area contributed by atoms with Crippen LogP contribution in [0.4, 0.5) is 18.0 Å². The Hall–Kier alpha value is -3.61. The number of esters is 1. The van der Waals surface area contributed by atoms with E-state index in [0.29, 0.717) is 24.8 Å². The largest absolute Gasteiger partial charge is 0.464 e. The number of fused-ring (bicyclic) bond motifs is 2. The molecule has 3 aliphatic rings. The van der Waals surface area contributed by atoms with Gasteiger partial charge < -0.3 is 30.3 Å². The number of hydrogen-bond donors (Lipinski definition) is 2. The third-order valence-corrected chi connectivity index (χ3v) is 8.33. The molecule has 0 aliphatic carbocycles. The number of rotatable bonds is 3. The van der Waals surface area contributed by atoms with E-state index >= 15 is 0 Å². The van der Waals surface area contributed by atoms with Crippen molar-refractivity contribution in [3.63, 3.8) is 0 Å².